The van der Waals surface area contributed by atoms with Crippen molar-refractivity contribution >= 4 is 5.96 Å². The predicted octanol–water partition coefficient (Wildman–Crippen LogP) is 3.59. The molecule has 1 heterocycles. The first-order valence-corrected chi connectivity index (χ1v) is 9.26. The number of halogens is 1. The highest BCUT2D eigenvalue weighted by atomic mass is 19.1. The molecule has 146 valence electrons. The first-order valence-electron chi connectivity index (χ1n) is 9.26. The maximum absolute atomic E-state index is 13.0. The number of rotatable bonds is 8. The molecule has 2 unspecified atom stereocenters. The van der Waals surface area contributed by atoms with Crippen LogP contribution in [-0.4, -0.2) is 37.2 Å². The highest BCUT2D eigenvalue weighted by Gasteiger charge is 2.16. The van der Waals surface area contributed by atoms with Gasteiger partial charge in [-0.15, -0.1) is 0 Å². The van der Waals surface area contributed by atoms with Crippen molar-refractivity contribution < 1.29 is 9.13 Å². The van der Waals surface area contributed by atoms with Crippen LogP contribution in [0.4, 0.5) is 4.39 Å². The van der Waals surface area contributed by atoms with Crippen LogP contribution in [0.5, 0.6) is 5.75 Å². The van der Waals surface area contributed by atoms with Crippen molar-refractivity contribution in [1.82, 2.24) is 15.6 Å². The monoisotopic (exact) mass is 372 g/mol. The van der Waals surface area contributed by atoms with E-state index in [1.165, 1.54) is 17.7 Å². The minimum Gasteiger partial charge on any atom is -0.489 e. The molecule has 0 aliphatic carbocycles. The molecular weight excluding hydrogens is 343 g/mol. The lowest BCUT2D eigenvalue weighted by Crippen LogP contribution is -2.43. The van der Waals surface area contributed by atoms with E-state index in [1.807, 2.05) is 19.2 Å². The molecule has 0 saturated carbocycles. The largest absolute Gasteiger partial charge is 0.489 e. The number of nitrogens with one attached hydrogen (secondary N) is 2. The molecule has 0 fully saturated rings. The fourth-order valence-electron chi connectivity index (χ4n) is 2.79. The molecule has 0 radical (unpaired) electrons. The highest BCUT2D eigenvalue weighted by Crippen LogP contribution is 2.22. The van der Waals surface area contributed by atoms with Gasteiger partial charge < -0.3 is 15.4 Å². The van der Waals surface area contributed by atoms with Gasteiger partial charge in [-0.2, -0.15) is 0 Å². The predicted molar refractivity (Wildman–Crippen MR) is 108 cm³/mol. The minimum atomic E-state index is -0.272. The summed E-state index contributed by atoms with van der Waals surface area (Å²) in [6, 6.07) is 10.1. The van der Waals surface area contributed by atoms with Crippen LogP contribution in [0.3, 0.4) is 0 Å². The van der Waals surface area contributed by atoms with Crippen LogP contribution in [0.2, 0.25) is 0 Å². The summed E-state index contributed by atoms with van der Waals surface area (Å²) in [5, 5.41) is 6.65. The topological polar surface area (TPSA) is 58.5 Å². The Labute approximate surface area is 161 Å². The van der Waals surface area contributed by atoms with Gasteiger partial charge >= 0.3 is 0 Å². The number of aromatic nitrogens is 1. The summed E-state index contributed by atoms with van der Waals surface area (Å²) in [5.74, 6) is 1.90. The minimum absolute atomic E-state index is 0.0896. The summed E-state index contributed by atoms with van der Waals surface area (Å²) in [5.41, 5.74) is 1.21. The van der Waals surface area contributed by atoms with Crippen molar-refractivity contribution in [3.63, 3.8) is 0 Å². The summed E-state index contributed by atoms with van der Waals surface area (Å²) in [7, 11) is 1.75. The van der Waals surface area contributed by atoms with E-state index in [1.54, 1.807) is 25.4 Å². The van der Waals surface area contributed by atoms with Crippen LogP contribution in [0.25, 0.3) is 0 Å². The molecule has 27 heavy (non-hydrogen) atoms. The van der Waals surface area contributed by atoms with Crippen molar-refractivity contribution in [3.05, 3.63) is 60.2 Å². The van der Waals surface area contributed by atoms with Crippen LogP contribution in [0, 0.1) is 11.7 Å². The van der Waals surface area contributed by atoms with Gasteiger partial charge in [-0.1, -0.05) is 19.9 Å². The fourth-order valence-corrected chi connectivity index (χ4v) is 2.79. The third kappa shape index (κ3) is 6.89. The number of nitrogens with zero attached hydrogens (tertiary/aromatic N) is 2. The average molecular weight is 372 g/mol. The molecule has 6 heteroatoms. The third-order valence-electron chi connectivity index (χ3n) is 4.34. The normalized spacial score (nSPS) is 13.9. The molecule has 2 atom stereocenters. The van der Waals surface area contributed by atoms with Gasteiger partial charge in [0.05, 0.1) is 6.54 Å². The van der Waals surface area contributed by atoms with E-state index < -0.39 is 0 Å². The van der Waals surface area contributed by atoms with E-state index in [4.69, 9.17) is 4.74 Å². The summed E-state index contributed by atoms with van der Waals surface area (Å²) >= 11 is 0. The molecule has 2 N–H and O–H groups in total. The maximum atomic E-state index is 13.0. The van der Waals surface area contributed by atoms with E-state index in [-0.39, 0.29) is 11.9 Å². The van der Waals surface area contributed by atoms with Gasteiger partial charge in [0.2, 0.25) is 0 Å². The van der Waals surface area contributed by atoms with Crippen LogP contribution in [0.15, 0.2) is 53.8 Å². The van der Waals surface area contributed by atoms with Crippen molar-refractivity contribution in [3.8, 4) is 5.75 Å². The van der Waals surface area contributed by atoms with Crippen LogP contribution in [-0.2, 0) is 0 Å². The van der Waals surface area contributed by atoms with E-state index in [2.05, 4.69) is 40.5 Å². The summed E-state index contributed by atoms with van der Waals surface area (Å²) in [6.45, 7) is 7.70. The number of ether oxygens (including phenoxy) is 1. The average Bonchev–Trinajstić information content (AvgIpc) is 2.67. The second kappa shape index (κ2) is 10.5. The molecule has 2 rings (SSSR count). The first-order chi connectivity index (χ1) is 13.0. The summed E-state index contributed by atoms with van der Waals surface area (Å²) in [6.07, 6.45) is 3.62. The Balaban J connectivity index is 1.83. The molecule has 0 amide bonds. The Morgan fingerprint density at radius 2 is 1.81 bits per heavy atom. The Kier molecular flexibility index (Phi) is 8.04. The lowest BCUT2D eigenvalue weighted by Gasteiger charge is -2.23. The standard InChI is InChI=1S/C21H29FN4O/c1-15(2)20(17-6-5-11-24-13-17)14-26-21(23-4)25-12-16(3)27-19-9-7-18(22)8-10-19/h5-11,13,15-16,20H,12,14H2,1-4H3,(H2,23,25,26). The highest BCUT2D eigenvalue weighted by molar-refractivity contribution is 5.79. The van der Waals surface area contributed by atoms with Gasteiger partial charge in [-0.25, -0.2) is 4.39 Å². The molecule has 1 aromatic carbocycles. The Morgan fingerprint density at radius 3 is 2.41 bits per heavy atom. The quantitative estimate of drug-likeness (QED) is 0.549. The molecular formula is C21H29FN4O. The maximum Gasteiger partial charge on any atom is 0.191 e. The number of benzene rings is 1. The number of hydrogen-bond donors (Lipinski definition) is 2. The van der Waals surface area contributed by atoms with Crippen molar-refractivity contribution in [1.29, 1.82) is 0 Å². The van der Waals surface area contributed by atoms with Gasteiger partial charge in [0.15, 0.2) is 5.96 Å². The zero-order valence-corrected chi connectivity index (χ0v) is 16.4. The van der Waals surface area contributed by atoms with Gasteiger partial charge in [-0.05, 0) is 48.7 Å². The van der Waals surface area contributed by atoms with Crippen molar-refractivity contribution in [2.75, 3.05) is 20.1 Å². The van der Waals surface area contributed by atoms with Gasteiger partial charge in [-0.3, -0.25) is 9.98 Å². The molecule has 0 bridgehead atoms. The lowest BCUT2D eigenvalue weighted by atomic mass is 9.89. The third-order valence-corrected chi connectivity index (χ3v) is 4.34. The Bertz CT molecular complexity index is 704. The summed E-state index contributed by atoms with van der Waals surface area (Å²) < 4.78 is 18.7. The fraction of sp³-hybridized carbons (Fsp3) is 0.429. The lowest BCUT2D eigenvalue weighted by molar-refractivity contribution is 0.223. The van der Waals surface area contributed by atoms with E-state index in [9.17, 15) is 4.39 Å². The van der Waals surface area contributed by atoms with Crippen molar-refractivity contribution in [2.24, 2.45) is 10.9 Å². The molecule has 2 aromatic rings. The van der Waals surface area contributed by atoms with Gasteiger partial charge in [0.25, 0.3) is 0 Å². The SMILES string of the molecule is CN=C(NCC(C)Oc1ccc(F)cc1)NCC(c1cccnc1)C(C)C. The van der Waals surface area contributed by atoms with Crippen molar-refractivity contribution in [2.45, 2.75) is 32.8 Å². The second-order valence-corrected chi connectivity index (χ2v) is 6.85. The number of aliphatic imine (C=N–C) groups is 1. The number of hydrogen-bond acceptors (Lipinski definition) is 3. The zero-order valence-electron chi connectivity index (χ0n) is 16.4. The zero-order chi connectivity index (χ0) is 19.6. The molecule has 0 spiro atoms. The smallest absolute Gasteiger partial charge is 0.191 e. The molecule has 0 saturated heterocycles. The number of pyridine rings is 1. The second-order valence-electron chi connectivity index (χ2n) is 6.85. The van der Waals surface area contributed by atoms with E-state index in [0.717, 1.165) is 12.5 Å². The molecule has 5 nitrogen and oxygen atoms in total. The molecule has 1 aromatic heterocycles. The molecule has 0 aliphatic rings. The van der Waals surface area contributed by atoms with E-state index in [0.29, 0.717) is 24.1 Å². The summed E-state index contributed by atoms with van der Waals surface area (Å²) in [4.78, 5) is 8.50. The van der Waals surface area contributed by atoms with Gasteiger partial charge in [0.1, 0.15) is 17.7 Å². The Hall–Kier alpha value is -2.63. The molecule has 0 aliphatic heterocycles. The van der Waals surface area contributed by atoms with Crippen LogP contribution in [0.1, 0.15) is 32.3 Å². The number of guanidine groups is 1. The Morgan fingerprint density at radius 1 is 1.11 bits per heavy atom. The first kappa shape index (κ1) is 20.7. The van der Waals surface area contributed by atoms with Crippen LogP contribution < -0.4 is 15.4 Å². The van der Waals surface area contributed by atoms with E-state index >= 15 is 0 Å². The van der Waals surface area contributed by atoms with Gasteiger partial charge in [0, 0.05) is 31.9 Å². The van der Waals surface area contributed by atoms with Crippen LogP contribution >= 0.6 is 0 Å².